The monoisotopic (exact) mass is 148 g/mol. The highest BCUT2D eigenvalue weighted by Crippen LogP contribution is 2.10. The summed E-state index contributed by atoms with van der Waals surface area (Å²) in [5.74, 6) is 0.551. The van der Waals surface area contributed by atoms with Crippen LogP contribution in [-0.4, -0.2) is 6.17 Å². The van der Waals surface area contributed by atoms with Gasteiger partial charge in [-0.25, -0.2) is 4.39 Å². The van der Waals surface area contributed by atoms with Crippen molar-refractivity contribution in [3.63, 3.8) is 0 Å². The Morgan fingerprint density at radius 3 is 1.70 bits per heavy atom. The van der Waals surface area contributed by atoms with Crippen LogP contribution < -0.4 is 0 Å². The average molecular weight is 148 g/mol. The van der Waals surface area contributed by atoms with Crippen molar-refractivity contribution >= 4 is 0 Å². The van der Waals surface area contributed by atoms with Crippen molar-refractivity contribution in [2.75, 3.05) is 0 Å². The van der Waals surface area contributed by atoms with E-state index < -0.39 is 6.17 Å². The van der Waals surface area contributed by atoms with E-state index in [-0.39, 0.29) is 0 Å². The van der Waals surface area contributed by atoms with E-state index in [1.807, 2.05) is 13.8 Å². The van der Waals surface area contributed by atoms with Crippen LogP contribution in [0.3, 0.4) is 0 Å². The van der Waals surface area contributed by atoms with Gasteiger partial charge in [0, 0.05) is 0 Å². The molecule has 2 atom stereocenters. The van der Waals surface area contributed by atoms with Crippen LogP contribution in [0.4, 0.5) is 4.39 Å². The van der Waals surface area contributed by atoms with Gasteiger partial charge in [0.05, 0.1) is 6.17 Å². The smallest absolute Gasteiger partial charge is 0.0976 e. The zero-order valence-corrected chi connectivity index (χ0v) is 7.95. The molecule has 0 aliphatic heterocycles. The summed E-state index contributed by atoms with van der Waals surface area (Å²) in [6, 6.07) is 0. The minimum atomic E-state index is -0.620. The minimum Gasteiger partial charge on any atom is -0.248 e. The molecule has 1 heteroatoms. The molecule has 0 aliphatic rings. The molecule has 0 fully saturated rings. The molecule has 0 heterocycles. The van der Waals surface area contributed by atoms with Gasteiger partial charge in [-0.05, 0) is 19.3 Å². The summed E-state index contributed by atoms with van der Waals surface area (Å²) in [5.41, 5.74) is 0. The van der Waals surface area contributed by atoms with Gasteiger partial charge in [-0.15, -0.1) is 0 Å². The molecule has 0 bridgehead atoms. The van der Waals surface area contributed by atoms with Crippen LogP contribution in [0, 0.1) is 5.92 Å². The fraction of sp³-hybridized carbons (Fsp3) is 1.00. The van der Waals surface area contributed by atoms with Crippen molar-refractivity contribution in [3.05, 3.63) is 0 Å². The highest BCUT2D eigenvalue weighted by molar-refractivity contribution is 4.54. The van der Waals surface area contributed by atoms with Gasteiger partial charge >= 0.3 is 0 Å². The fourth-order valence-electron chi connectivity index (χ4n) is 0.721. The maximum absolute atomic E-state index is 12.1. The molecule has 0 saturated heterocycles. The summed E-state index contributed by atoms with van der Waals surface area (Å²) in [7, 11) is 0. The summed E-state index contributed by atoms with van der Waals surface area (Å²) in [4.78, 5) is 0. The molecule has 2 unspecified atom stereocenters. The highest BCUT2D eigenvalue weighted by Gasteiger charge is 2.03. The lowest BCUT2D eigenvalue weighted by Crippen LogP contribution is -2.00. The molecule has 0 rings (SSSR count). The summed E-state index contributed by atoms with van der Waals surface area (Å²) in [6.07, 6.45) is 1.19. The number of hydrogen-bond donors (Lipinski definition) is 0. The first-order valence-electron chi connectivity index (χ1n) is 4.30. The molecule has 0 aromatic carbocycles. The van der Waals surface area contributed by atoms with Crippen molar-refractivity contribution in [2.45, 2.75) is 53.6 Å². The second kappa shape index (κ2) is 8.93. The van der Waals surface area contributed by atoms with Crippen molar-refractivity contribution < 1.29 is 4.39 Å². The van der Waals surface area contributed by atoms with E-state index in [0.29, 0.717) is 5.92 Å². The zero-order valence-electron chi connectivity index (χ0n) is 7.95. The predicted molar refractivity (Wildman–Crippen MR) is 46.0 cm³/mol. The van der Waals surface area contributed by atoms with Crippen LogP contribution in [0.5, 0.6) is 0 Å². The lowest BCUT2D eigenvalue weighted by atomic mass is 10.0. The van der Waals surface area contributed by atoms with Crippen molar-refractivity contribution in [3.8, 4) is 0 Å². The number of alkyl halides is 1. The van der Waals surface area contributed by atoms with Crippen LogP contribution in [0.15, 0.2) is 0 Å². The Morgan fingerprint density at radius 1 is 1.20 bits per heavy atom. The Hall–Kier alpha value is -0.0700. The van der Waals surface area contributed by atoms with E-state index in [0.717, 1.165) is 12.8 Å². The minimum absolute atomic E-state index is 0.551. The second-order valence-corrected chi connectivity index (χ2v) is 2.53. The topological polar surface area (TPSA) is 0 Å². The number of hydrogen-bond acceptors (Lipinski definition) is 0. The van der Waals surface area contributed by atoms with Gasteiger partial charge in [-0.3, -0.25) is 0 Å². The summed E-state index contributed by atoms with van der Waals surface area (Å²) in [6.45, 7) is 9.79. The molecule has 10 heavy (non-hydrogen) atoms. The first-order chi connectivity index (χ1) is 4.66. The molecule has 64 valence electrons. The molecule has 0 nitrogen and oxygen atoms in total. The fourth-order valence-corrected chi connectivity index (χ4v) is 0.721. The Labute approximate surface area is 64.8 Å². The van der Waals surface area contributed by atoms with Gasteiger partial charge < -0.3 is 0 Å². The van der Waals surface area contributed by atoms with Crippen LogP contribution in [0.1, 0.15) is 47.5 Å². The summed E-state index contributed by atoms with van der Waals surface area (Å²) < 4.78 is 12.1. The van der Waals surface area contributed by atoms with Crippen LogP contribution in [0.25, 0.3) is 0 Å². The summed E-state index contributed by atoms with van der Waals surface area (Å²) in [5, 5.41) is 0. The molecule has 0 N–H and O–H groups in total. The Bertz CT molecular complexity index is 50.7. The molecule has 0 aliphatic carbocycles. The summed E-state index contributed by atoms with van der Waals surface area (Å²) >= 11 is 0. The SMILES string of the molecule is CC.CCC(C)CC(C)F. The van der Waals surface area contributed by atoms with E-state index in [2.05, 4.69) is 13.8 Å². The van der Waals surface area contributed by atoms with Crippen LogP contribution >= 0.6 is 0 Å². The van der Waals surface area contributed by atoms with Gasteiger partial charge in [0.25, 0.3) is 0 Å². The zero-order chi connectivity index (χ0) is 8.57. The van der Waals surface area contributed by atoms with E-state index >= 15 is 0 Å². The third-order valence-electron chi connectivity index (χ3n) is 1.42. The Balaban J connectivity index is 0. The highest BCUT2D eigenvalue weighted by atomic mass is 19.1. The number of rotatable bonds is 3. The average Bonchev–Trinajstić information content (AvgIpc) is 1.91. The molecule has 0 spiro atoms. The maximum atomic E-state index is 12.1. The van der Waals surface area contributed by atoms with Gasteiger partial charge in [-0.2, -0.15) is 0 Å². The van der Waals surface area contributed by atoms with Crippen LogP contribution in [0.2, 0.25) is 0 Å². The third-order valence-corrected chi connectivity index (χ3v) is 1.42. The molecular formula is C9H21F. The van der Waals surface area contributed by atoms with Crippen molar-refractivity contribution in [1.82, 2.24) is 0 Å². The third kappa shape index (κ3) is 10.8. The van der Waals surface area contributed by atoms with Gasteiger partial charge in [0.1, 0.15) is 0 Å². The van der Waals surface area contributed by atoms with Crippen molar-refractivity contribution in [2.24, 2.45) is 5.92 Å². The molecule has 0 amide bonds. The van der Waals surface area contributed by atoms with Gasteiger partial charge in [-0.1, -0.05) is 34.1 Å². The lowest BCUT2D eigenvalue weighted by molar-refractivity contribution is 0.294. The first-order valence-corrected chi connectivity index (χ1v) is 4.30. The lowest BCUT2D eigenvalue weighted by Gasteiger charge is -2.07. The Kier molecular flexibility index (Phi) is 11.2. The molecule has 0 saturated carbocycles. The second-order valence-electron chi connectivity index (χ2n) is 2.53. The molecular weight excluding hydrogens is 127 g/mol. The molecule has 0 aromatic rings. The normalized spacial score (nSPS) is 15.0. The predicted octanol–water partition coefficient (Wildman–Crippen LogP) is 3.81. The molecule has 0 aromatic heterocycles. The van der Waals surface area contributed by atoms with Crippen molar-refractivity contribution in [1.29, 1.82) is 0 Å². The van der Waals surface area contributed by atoms with E-state index in [1.54, 1.807) is 6.92 Å². The number of halogens is 1. The maximum Gasteiger partial charge on any atom is 0.0976 e. The van der Waals surface area contributed by atoms with E-state index in [9.17, 15) is 4.39 Å². The largest absolute Gasteiger partial charge is 0.248 e. The van der Waals surface area contributed by atoms with Gasteiger partial charge in [0.2, 0.25) is 0 Å². The Morgan fingerprint density at radius 2 is 1.60 bits per heavy atom. The molecule has 0 radical (unpaired) electrons. The van der Waals surface area contributed by atoms with Gasteiger partial charge in [0.15, 0.2) is 0 Å². The van der Waals surface area contributed by atoms with E-state index in [1.165, 1.54) is 0 Å². The first kappa shape index (κ1) is 12.6. The standard InChI is InChI=1S/C7H15F.C2H6/c1-4-6(2)5-7(3)8;1-2/h6-7H,4-5H2,1-3H3;1-2H3. The van der Waals surface area contributed by atoms with Crippen LogP contribution in [-0.2, 0) is 0 Å². The van der Waals surface area contributed by atoms with E-state index in [4.69, 9.17) is 0 Å². The quantitative estimate of drug-likeness (QED) is 0.571.